The second-order valence-electron chi connectivity index (χ2n) is 8.03. The van der Waals surface area contributed by atoms with Gasteiger partial charge >= 0.3 is 6.09 Å². The molecule has 2 atom stereocenters. The molecule has 1 N–H and O–H groups in total. The normalized spacial score (nSPS) is 18.7. The number of carbonyl (C=O) groups is 2. The standard InChI is InChI=1S/C21H22N4O3.H2/c1-21(2,3)28-20(27)25-18-9-15(7-6-14(18)12-23-25)24-19(26)17-10-16(17)13-5-4-8-22-11-13;/h4-9,11-12,16-17H,10H2,1-3H3,(H,24,26);1H/t16-,17+;/m1./s1. The minimum Gasteiger partial charge on any atom is -0.442 e. The average molecular weight is 380 g/mol. The summed E-state index contributed by atoms with van der Waals surface area (Å²) in [4.78, 5) is 29.1. The first-order valence-corrected chi connectivity index (χ1v) is 9.24. The molecule has 1 saturated carbocycles. The van der Waals surface area contributed by atoms with Gasteiger partial charge in [-0.2, -0.15) is 9.78 Å². The number of nitrogens with one attached hydrogen (secondary N) is 1. The third kappa shape index (κ3) is 3.74. The number of fused-ring (bicyclic) bond motifs is 1. The maximum atomic E-state index is 12.6. The van der Waals surface area contributed by atoms with Crippen LogP contribution in [0.5, 0.6) is 0 Å². The number of nitrogens with zero attached hydrogens (tertiary/aromatic N) is 3. The molecular formula is C21H24N4O3. The highest BCUT2D eigenvalue weighted by molar-refractivity contribution is 5.98. The van der Waals surface area contributed by atoms with E-state index in [1.54, 1.807) is 39.2 Å². The van der Waals surface area contributed by atoms with Gasteiger partial charge in [0.2, 0.25) is 5.91 Å². The Kier molecular flexibility index (Phi) is 4.37. The van der Waals surface area contributed by atoms with E-state index < -0.39 is 11.7 Å². The summed E-state index contributed by atoms with van der Waals surface area (Å²) < 4.78 is 6.60. The van der Waals surface area contributed by atoms with Crippen molar-refractivity contribution in [3.05, 3.63) is 54.5 Å². The van der Waals surface area contributed by atoms with Crippen LogP contribution in [0.1, 0.15) is 40.1 Å². The maximum absolute atomic E-state index is 12.6. The molecule has 4 rings (SSSR count). The number of pyridine rings is 1. The molecule has 0 bridgehead atoms. The topological polar surface area (TPSA) is 86.1 Å². The predicted octanol–water partition coefficient (Wildman–Crippen LogP) is 4.20. The minimum absolute atomic E-state index is 0. The maximum Gasteiger partial charge on any atom is 0.435 e. The van der Waals surface area contributed by atoms with Crippen molar-refractivity contribution in [2.45, 2.75) is 38.7 Å². The lowest BCUT2D eigenvalue weighted by molar-refractivity contribution is -0.117. The molecule has 1 amide bonds. The fraction of sp³-hybridized carbons (Fsp3) is 0.333. The summed E-state index contributed by atoms with van der Waals surface area (Å²) in [6.07, 6.45) is 5.40. The molecule has 28 heavy (non-hydrogen) atoms. The SMILES string of the molecule is CC(C)(C)OC(=O)n1ncc2ccc(NC(=O)[C@H]3C[C@@H]3c3cccnc3)cc21.[HH]. The third-order valence-electron chi connectivity index (χ3n) is 4.64. The number of amides is 1. The first-order valence-electron chi connectivity index (χ1n) is 9.24. The molecule has 1 fully saturated rings. The van der Waals surface area contributed by atoms with Gasteiger partial charge in [0, 0.05) is 30.8 Å². The van der Waals surface area contributed by atoms with E-state index in [0.29, 0.717) is 11.2 Å². The summed E-state index contributed by atoms with van der Waals surface area (Å²) in [5.74, 6) is 0.122. The van der Waals surface area contributed by atoms with Gasteiger partial charge < -0.3 is 10.1 Å². The number of hydrogen-bond acceptors (Lipinski definition) is 5. The summed E-state index contributed by atoms with van der Waals surface area (Å²) in [6, 6.07) is 9.25. The number of anilines is 1. The largest absolute Gasteiger partial charge is 0.442 e. The van der Waals surface area contributed by atoms with Crippen LogP contribution in [0.25, 0.3) is 10.9 Å². The average Bonchev–Trinajstić information content (AvgIpc) is 3.34. The Balaban J connectivity index is 0.00000240. The summed E-state index contributed by atoms with van der Waals surface area (Å²) in [5.41, 5.74) is 1.68. The van der Waals surface area contributed by atoms with Gasteiger partial charge in [0.05, 0.1) is 11.7 Å². The van der Waals surface area contributed by atoms with Gasteiger partial charge in [-0.1, -0.05) is 6.07 Å². The molecule has 0 spiro atoms. The van der Waals surface area contributed by atoms with E-state index in [-0.39, 0.29) is 19.2 Å². The van der Waals surface area contributed by atoms with E-state index in [9.17, 15) is 9.59 Å². The van der Waals surface area contributed by atoms with Crippen LogP contribution >= 0.6 is 0 Å². The molecule has 146 valence electrons. The summed E-state index contributed by atoms with van der Waals surface area (Å²) in [7, 11) is 0. The first-order chi connectivity index (χ1) is 13.3. The zero-order valence-electron chi connectivity index (χ0n) is 16.0. The van der Waals surface area contributed by atoms with Crippen LogP contribution in [0, 0.1) is 5.92 Å². The highest BCUT2D eigenvalue weighted by Gasteiger charge is 2.44. The quantitative estimate of drug-likeness (QED) is 0.736. The van der Waals surface area contributed by atoms with Crippen molar-refractivity contribution in [1.82, 2.24) is 14.8 Å². The van der Waals surface area contributed by atoms with Crippen molar-refractivity contribution in [3.63, 3.8) is 0 Å². The predicted molar refractivity (Wildman–Crippen MR) is 107 cm³/mol. The lowest BCUT2D eigenvalue weighted by Gasteiger charge is -2.19. The number of benzene rings is 1. The Morgan fingerprint density at radius 1 is 1.25 bits per heavy atom. The van der Waals surface area contributed by atoms with Crippen LogP contribution in [0.2, 0.25) is 0 Å². The van der Waals surface area contributed by atoms with Crippen LogP contribution in [0.4, 0.5) is 10.5 Å². The van der Waals surface area contributed by atoms with Crippen molar-refractivity contribution >= 4 is 28.6 Å². The first kappa shape index (κ1) is 18.2. The fourth-order valence-electron chi connectivity index (χ4n) is 3.23. The molecule has 1 aromatic carbocycles. The minimum atomic E-state index is -0.617. The van der Waals surface area contributed by atoms with Crippen molar-refractivity contribution < 1.29 is 15.8 Å². The molecule has 3 aromatic rings. The summed E-state index contributed by atoms with van der Waals surface area (Å²) in [5, 5.41) is 7.86. The van der Waals surface area contributed by atoms with Gasteiger partial charge in [0.1, 0.15) is 5.60 Å². The second-order valence-corrected chi connectivity index (χ2v) is 8.03. The van der Waals surface area contributed by atoms with E-state index in [4.69, 9.17) is 4.74 Å². The molecule has 2 aromatic heterocycles. The van der Waals surface area contributed by atoms with Crippen LogP contribution in [0.15, 0.2) is 48.9 Å². The van der Waals surface area contributed by atoms with Gasteiger partial charge in [0.25, 0.3) is 0 Å². The number of rotatable bonds is 3. The molecule has 1 aliphatic rings. The van der Waals surface area contributed by atoms with Crippen molar-refractivity contribution in [1.29, 1.82) is 0 Å². The summed E-state index contributed by atoms with van der Waals surface area (Å²) >= 11 is 0. The molecule has 1 aliphatic carbocycles. The van der Waals surface area contributed by atoms with Crippen LogP contribution < -0.4 is 5.32 Å². The molecule has 7 nitrogen and oxygen atoms in total. The molecule has 2 heterocycles. The zero-order chi connectivity index (χ0) is 19.9. The van der Waals surface area contributed by atoms with E-state index >= 15 is 0 Å². The zero-order valence-corrected chi connectivity index (χ0v) is 16.0. The van der Waals surface area contributed by atoms with Gasteiger partial charge in [-0.25, -0.2) is 4.79 Å². The Morgan fingerprint density at radius 3 is 2.79 bits per heavy atom. The van der Waals surface area contributed by atoms with Crippen molar-refractivity contribution in [2.24, 2.45) is 5.92 Å². The fourth-order valence-corrected chi connectivity index (χ4v) is 3.23. The molecule has 0 radical (unpaired) electrons. The lowest BCUT2D eigenvalue weighted by Crippen LogP contribution is -2.27. The van der Waals surface area contributed by atoms with Crippen LogP contribution in [0.3, 0.4) is 0 Å². The highest BCUT2D eigenvalue weighted by atomic mass is 16.6. The number of ether oxygens (including phenoxy) is 1. The Labute approximate surface area is 164 Å². The molecule has 0 saturated heterocycles. The highest BCUT2D eigenvalue weighted by Crippen LogP contribution is 2.47. The molecule has 7 heteroatoms. The van der Waals surface area contributed by atoms with Gasteiger partial charge in [-0.15, -0.1) is 0 Å². The van der Waals surface area contributed by atoms with Gasteiger partial charge in [-0.3, -0.25) is 9.78 Å². The monoisotopic (exact) mass is 380 g/mol. The van der Waals surface area contributed by atoms with E-state index in [1.165, 1.54) is 4.68 Å². The molecule has 0 unspecified atom stereocenters. The van der Waals surface area contributed by atoms with Gasteiger partial charge in [-0.05, 0) is 62.9 Å². The van der Waals surface area contributed by atoms with Crippen molar-refractivity contribution in [3.8, 4) is 0 Å². The Bertz CT molecular complexity index is 1040. The number of hydrogen-bond donors (Lipinski definition) is 1. The van der Waals surface area contributed by atoms with E-state index in [1.807, 2.05) is 30.5 Å². The lowest BCUT2D eigenvalue weighted by atomic mass is 10.1. The van der Waals surface area contributed by atoms with E-state index in [2.05, 4.69) is 15.4 Å². The Morgan fingerprint density at radius 2 is 2.07 bits per heavy atom. The van der Waals surface area contributed by atoms with E-state index in [0.717, 1.165) is 17.4 Å². The van der Waals surface area contributed by atoms with Crippen molar-refractivity contribution in [2.75, 3.05) is 5.32 Å². The van der Waals surface area contributed by atoms with Crippen LogP contribution in [-0.4, -0.2) is 32.4 Å². The third-order valence-corrected chi connectivity index (χ3v) is 4.64. The number of carbonyl (C=O) groups excluding carboxylic acids is 2. The molecule has 0 aliphatic heterocycles. The van der Waals surface area contributed by atoms with Crippen LogP contribution in [-0.2, 0) is 9.53 Å². The Hall–Kier alpha value is -3.22. The molecular weight excluding hydrogens is 356 g/mol. The smallest absolute Gasteiger partial charge is 0.435 e. The second kappa shape index (κ2) is 6.74. The number of aromatic nitrogens is 3. The van der Waals surface area contributed by atoms with Gasteiger partial charge in [0.15, 0.2) is 0 Å². The summed E-state index contributed by atoms with van der Waals surface area (Å²) in [6.45, 7) is 5.41.